The first-order valence-electron chi connectivity index (χ1n) is 7.03. The average Bonchev–Trinajstić information content (AvgIpc) is 2.82. The number of hydrogen-bond acceptors (Lipinski definition) is 2. The van der Waals surface area contributed by atoms with Crippen LogP contribution in [0.4, 0.5) is 0 Å². The summed E-state index contributed by atoms with van der Waals surface area (Å²) < 4.78 is 5.39. The quantitative estimate of drug-likeness (QED) is 0.631. The number of furan rings is 1. The van der Waals surface area contributed by atoms with Crippen molar-refractivity contribution in [2.75, 3.05) is 0 Å². The summed E-state index contributed by atoms with van der Waals surface area (Å²) in [6, 6.07) is 4.86. The molecular formula is C15H27NO. The van der Waals surface area contributed by atoms with E-state index in [-0.39, 0.29) is 0 Å². The molecule has 98 valence electrons. The van der Waals surface area contributed by atoms with Crippen molar-refractivity contribution < 1.29 is 4.42 Å². The lowest BCUT2D eigenvalue weighted by Gasteiger charge is -2.18. The standard InChI is InChI=1S/C15H27NO/c1-4-5-6-7-8-10-13(2)16-14(3)15-11-9-12-17-15/h9,11-14,16H,4-8,10H2,1-3H3. The van der Waals surface area contributed by atoms with Crippen LogP contribution >= 0.6 is 0 Å². The van der Waals surface area contributed by atoms with Crippen LogP contribution in [-0.4, -0.2) is 6.04 Å². The van der Waals surface area contributed by atoms with Gasteiger partial charge in [0.15, 0.2) is 0 Å². The van der Waals surface area contributed by atoms with Gasteiger partial charge in [-0.25, -0.2) is 0 Å². The van der Waals surface area contributed by atoms with Gasteiger partial charge in [0.25, 0.3) is 0 Å². The third-order valence-electron chi connectivity index (χ3n) is 3.25. The summed E-state index contributed by atoms with van der Waals surface area (Å²) in [6.45, 7) is 6.68. The molecule has 0 fully saturated rings. The van der Waals surface area contributed by atoms with Crippen LogP contribution in [0.5, 0.6) is 0 Å². The van der Waals surface area contributed by atoms with Gasteiger partial charge >= 0.3 is 0 Å². The number of hydrogen-bond donors (Lipinski definition) is 1. The van der Waals surface area contributed by atoms with Gasteiger partial charge in [0.05, 0.1) is 12.3 Å². The predicted octanol–water partition coefficient (Wildman–Crippen LogP) is 4.68. The van der Waals surface area contributed by atoms with E-state index in [0.717, 1.165) is 5.76 Å². The molecule has 1 heterocycles. The van der Waals surface area contributed by atoms with E-state index in [9.17, 15) is 0 Å². The van der Waals surface area contributed by atoms with E-state index in [4.69, 9.17) is 4.42 Å². The molecule has 2 nitrogen and oxygen atoms in total. The fourth-order valence-electron chi connectivity index (χ4n) is 2.18. The Hall–Kier alpha value is -0.760. The molecule has 0 aliphatic rings. The summed E-state index contributed by atoms with van der Waals surface area (Å²) in [6.07, 6.45) is 9.79. The van der Waals surface area contributed by atoms with Gasteiger partial charge in [-0.15, -0.1) is 0 Å². The van der Waals surface area contributed by atoms with Crippen LogP contribution in [0.1, 0.15) is 71.1 Å². The Bertz CT molecular complexity index is 268. The predicted molar refractivity (Wildman–Crippen MR) is 73.1 cm³/mol. The molecule has 0 amide bonds. The second-order valence-corrected chi connectivity index (χ2v) is 5.01. The first-order chi connectivity index (χ1) is 8.24. The van der Waals surface area contributed by atoms with Crippen molar-refractivity contribution in [3.8, 4) is 0 Å². The SMILES string of the molecule is CCCCCCCC(C)NC(C)c1ccco1. The zero-order valence-corrected chi connectivity index (χ0v) is 11.5. The molecule has 2 heteroatoms. The minimum atomic E-state index is 0.315. The van der Waals surface area contributed by atoms with Gasteiger partial charge in [-0.1, -0.05) is 39.0 Å². The first-order valence-corrected chi connectivity index (χ1v) is 7.03. The lowest BCUT2D eigenvalue weighted by Crippen LogP contribution is -2.28. The summed E-state index contributed by atoms with van der Waals surface area (Å²) in [5.74, 6) is 1.03. The van der Waals surface area contributed by atoms with E-state index >= 15 is 0 Å². The number of nitrogens with one attached hydrogen (secondary N) is 1. The van der Waals surface area contributed by atoms with Crippen LogP contribution in [0.25, 0.3) is 0 Å². The highest BCUT2D eigenvalue weighted by atomic mass is 16.3. The first kappa shape index (κ1) is 14.3. The van der Waals surface area contributed by atoms with Crippen LogP contribution in [0.2, 0.25) is 0 Å². The maximum absolute atomic E-state index is 5.39. The Morgan fingerprint density at radius 3 is 2.59 bits per heavy atom. The molecule has 1 aromatic rings. The molecule has 0 saturated heterocycles. The van der Waals surface area contributed by atoms with Crippen LogP contribution in [0, 0.1) is 0 Å². The van der Waals surface area contributed by atoms with Crippen molar-refractivity contribution >= 4 is 0 Å². The van der Waals surface area contributed by atoms with Crippen LogP contribution in [0.15, 0.2) is 22.8 Å². The molecule has 0 bridgehead atoms. The molecule has 0 radical (unpaired) electrons. The van der Waals surface area contributed by atoms with Gasteiger partial charge in [-0.05, 0) is 32.4 Å². The van der Waals surface area contributed by atoms with E-state index < -0.39 is 0 Å². The van der Waals surface area contributed by atoms with Crippen molar-refractivity contribution in [1.82, 2.24) is 5.32 Å². The van der Waals surface area contributed by atoms with E-state index in [1.54, 1.807) is 6.26 Å². The van der Waals surface area contributed by atoms with Crippen LogP contribution in [-0.2, 0) is 0 Å². The third-order valence-corrected chi connectivity index (χ3v) is 3.25. The highest BCUT2D eigenvalue weighted by molar-refractivity contribution is 5.03. The monoisotopic (exact) mass is 237 g/mol. The fourth-order valence-corrected chi connectivity index (χ4v) is 2.18. The fraction of sp³-hybridized carbons (Fsp3) is 0.733. The smallest absolute Gasteiger partial charge is 0.120 e. The Labute approximate surface area is 106 Å². The molecule has 2 unspecified atom stereocenters. The second kappa shape index (κ2) is 8.35. The van der Waals surface area contributed by atoms with Gasteiger partial charge in [0.2, 0.25) is 0 Å². The molecule has 0 aromatic carbocycles. The van der Waals surface area contributed by atoms with Crippen LogP contribution < -0.4 is 5.32 Å². The molecule has 0 spiro atoms. The summed E-state index contributed by atoms with van der Waals surface area (Å²) in [5, 5.41) is 3.58. The van der Waals surface area contributed by atoms with Crippen LogP contribution in [0.3, 0.4) is 0 Å². The molecule has 1 aromatic heterocycles. The maximum Gasteiger partial charge on any atom is 0.120 e. The molecule has 0 saturated carbocycles. The summed E-state index contributed by atoms with van der Waals surface area (Å²) in [7, 11) is 0. The highest BCUT2D eigenvalue weighted by Gasteiger charge is 2.10. The van der Waals surface area contributed by atoms with Gasteiger partial charge in [-0.2, -0.15) is 0 Å². The topological polar surface area (TPSA) is 25.2 Å². The molecule has 0 aliphatic heterocycles. The molecular weight excluding hydrogens is 210 g/mol. The Morgan fingerprint density at radius 2 is 1.94 bits per heavy atom. The Balaban J connectivity index is 2.10. The van der Waals surface area contributed by atoms with E-state index in [1.807, 2.05) is 12.1 Å². The summed E-state index contributed by atoms with van der Waals surface area (Å²) in [4.78, 5) is 0. The minimum Gasteiger partial charge on any atom is -0.468 e. The zero-order valence-electron chi connectivity index (χ0n) is 11.5. The molecule has 17 heavy (non-hydrogen) atoms. The Morgan fingerprint density at radius 1 is 1.18 bits per heavy atom. The summed E-state index contributed by atoms with van der Waals surface area (Å²) >= 11 is 0. The van der Waals surface area contributed by atoms with E-state index in [1.165, 1.54) is 38.5 Å². The van der Waals surface area contributed by atoms with E-state index in [0.29, 0.717) is 12.1 Å². The van der Waals surface area contributed by atoms with Gasteiger partial charge in [0, 0.05) is 6.04 Å². The average molecular weight is 237 g/mol. The van der Waals surface area contributed by atoms with Gasteiger partial charge < -0.3 is 9.73 Å². The lowest BCUT2D eigenvalue weighted by atomic mass is 10.1. The third kappa shape index (κ3) is 5.92. The highest BCUT2D eigenvalue weighted by Crippen LogP contribution is 2.15. The van der Waals surface area contributed by atoms with Crippen molar-refractivity contribution in [3.05, 3.63) is 24.2 Å². The zero-order chi connectivity index (χ0) is 12.5. The van der Waals surface area contributed by atoms with Crippen molar-refractivity contribution in [2.45, 2.75) is 71.4 Å². The molecule has 1 N–H and O–H groups in total. The molecule has 2 atom stereocenters. The number of rotatable bonds is 9. The van der Waals surface area contributed by atoms with Gasteiger partial charge in [0.1, 0.15) is 5.76 Å². The van der Waals surface area contributed by atoms with Crippen molar-refractivity contribution in [2.24, 2.45) is 0 Å². The summed E-state index contributed by atoms with van der Waals surface area (Å²) in [5.41, 5.74) is 0. The minimum absolute atomic E-state index is 0.315. The normalized spacial score (nSPS) is 14.8. The molecule has 1 rings (SSSR count). The molecule has 0 aliphatic carbocycles. The second-order valence-electron chi connectivity index (χ2n) is 5.01. The van der Waals surface area contributed by atoms with Gasteiger partial charge in [-0.3, -0.25) is 0 Å². The Kier molecular flexibility index (Phi) is 7.02. The maximum atomic E-state index is 5.39. The number of unbranched alkanes of at least 4 members (excludes halogenated alkanes) is 4. The van der Waals surface area contributed by atoms with Crippen molar-refractivity contribution in [3.63, 3.8) is 0 Å². The van der Waals surface area contributed by atoms with Crippen molar-refractivity contribution in [1.29, 1.82) is 0 Å². The lowest BCUT2D eigenvalue weighted by molar-refractivity contribution is 0.381. The van der Waals surface area contributed by atoms with E-state index in [2.05, 4.69) is 26.1 Å². The largest absolute Gasteiger partial charge is 0.468 e.